The van der Waals surface area contributed by atoms with Crippen molar-refractivity contribution >= 4 is 39.5 Å². The second kappa shape index (κ2) is 10.2. The summed E-state index contributed by atoms with van der Waals surface area (Å²) < 4.78 is 31.2. The van der Waals surface area contributed by atoms with Gasteiger partial charge in [0.25, 0.3) is 5.91 Å². The summed E-state index contributed by atoms with van der Waals surface area (Å²) in [6, 6.07) is 3.29. The van der Waals surface area contributed by atoms with Gasteiger partial charge in [-0.2, -0.15) is 4.72 Å². The minimum Gasteiger partial charge on any atom is -0.454 e. The summed E-state index contributed by atoms with van der Waals surface area (Å²) in [6.07, 6.45) is 0.682. The van der Waals surface area contributed by atoms with E-state index in [0.717, 1.165) is 0 Å². The van der Waals surface area contributed by atoms with Crippen LogP contribution in [-0.4, -0.2) is 45.0 Å². The molecule has 0 bridgehead atoms. The molecule has 150 valence electrons. The van der Waals surface area contributed by atoms with Crippen LogP contribution in [0.15, 0.2) is 29.2 Å². The second-order valence-electron chi connectivity index (χ2n) is 5.74. The summed E-state index contributed by atoms with van der Waals surface area (Å²) in [5.41, 5.74) is 0. The minimum absolute atomic E-state index is 0.0778. The highest BCUT2D eigenvalue weighted by molar-refractivity contribution is 7.89. The first kappa shape index (κ1) is 22.9. The summed E-state index contributed by atoms with van der Waals surface area (Å²) in [4.78, 5) is 34.9. The fourth-order valence-corrected chi connectivity index (χ4v) is 3.07. The number of halogens is 1. The van der Waals surface area contributed by atoms with Gasteiger partial charge in [0.1, 0.15) is 6.04 Å². The summed E-state index contributed by atoms with van der Waals surface area (Å²) >= 11 is 5.71. The van der Waals surface area contributed by atoms with E-state index < -0.39 is 40.6 Å². The number of amides is 3. The number of benzene rings is 1. The molecule has 0 aliphatic rings. The van der Waals surface area contributed by atoms with Crippen LogP contribution in [0.3, 0.4) is 0 Å². The first-order chi connectivity index (χ1) is 12.5. The highest BCUT2D eigenvalue weighted by atomic mass is 35.5. The fourth-order valence-electron chi connectivity index (χ4n) is 1.75. The van der Waals surface area contributed by atoms with Crippen LogP contribution in [-0.2, 0) is 24.3 Å². The van der Waals surface area contributed by atoms with Crippen molar-refractivity contribution in [1.29, 1.82) is 0 Å². The maximum atomic E-state index is 12.2. The summed E-state index contributed by atoms with van der Waals surface area (Å²) in [5.74, 6) is -1.80. The molecule has 0 aliphatic carbocycles. The van der Waals surface area contributed by atoms with E-state index in [4.69, 9.17) is 16.3 Å². The van der Waals surface area contributed by atoms with Crippen LogP contribution in [0.4, 0.5) is 4.79 Å². The molecular formula is C16H22ClN3O6S. The number of sulfonamides is 1. The Labute approximate surface area is 162 Å². The molecule has 2 atom stereocenters. The third-order valence-corrected chi connectivity index (χ3v) is 5.21. The molecule has 0 unspecified atom stereocenters. The van der Waals surface area contributed by atoms with Crippen molar-refractivity contribution in [1.82, 2.24) is 15.4 Å². The van der Waals surface area contributed by atoms with E-state index in [2.05, 4.69) is 10.0 Å². The molecule has 9 nitrogen and oxygen atoms in total. The average Bonchev–Trinajstić information content (AvgIpc) is 2.59. The molecule has 0 aliphatic heterocycles. The number of nitrogens with one attached hydrogen (secondary N) is 3. The zero-order valence-electron chi connectivity index (χ0n) is 15.1. The number of imide groups is 1. The van der Waals surface area contributed by atoms with Crippen LogP contribution in [0.25, 0.3) is 0 Å². The van der Waals surface area contributed by atoms with Crippen LogP contribution < -0.4 is 15.4 Å². The third kappa shape index (κ3) is 7.94. The molecule has 0 radical (unpaired) electrons. The molecule has 1 aromatic rings. The molecule has 3 amide bonds. The molecule has 11 heteroatoms. The Morgan fingerprint density at radius 1 is 1.15 bits per heavy atom. The standard InChI is InChI=1S/C16H22ClN3O6S/c1-4-10(2)18-16(23)19-14(21)9-26-15(22)11(3)20-27(24,25)13-7-5-12(17)6-8-13/h5-8,10-11,20H,4,9H2,1-3H3,(H2,18,19,21,23)/t10-,11+/m1/s1. The lowest BCUT2D eigenvalue weighted by Gasteiger charge is -2.14. The largest absolute Gasteiger partial charge is 0.454 e. The Morgan fingerprint density at radius 3 is 2.30 bits per heavy atom. The van der Waals surface area contributed by atoms with Crippen LogP contribution in [0.5, 0.6) is 0 Å². The lowest BCUT2D eigenvalue weighted by Crippen LogP contribution is -2.45. The lowest BCUT2D eigenvalue weighted by atomic mass is 10.3. The van der Waals surface area contributed by atoms with E-state index in [1.165, 1.54) is 31.2 Å². The number of esters is 1. The van der Waals surface area contributed by atoms with Crippen molar-refractivity contribution in [3.05, 3.63) is 29.3 Å². The van der Waals surface area contributed by atoms with Gasteiger partial charge in [-0.3, -0.25) is 14.9 Å². The van der Waals surface area contributed by atoms with Gasteiger partial charge in [-0.1, -0.05) is 18.5 Å². The smallest absolute Gasteiger partial charge is 0.324 e. The summed E-state index contributed by atoms with van der Waals surface area (Å²) in [6.45, 7) is 4.17. The fraction of sp³-hybridized carbons (Fsp3) is 0.438. The lowest BCUT2D eigenvalue weighted by molar-refractivity contribution is -0.149. The van der Waals surface area contributed by atoms with Gasteiger partial charge in [0, 0.05) is 11.1 Å². The molecule has 0 saturated heterocycles. The Morgan fingerprint density at radius 2 is 1.74 bits per heavy atom. The maximum absolute atomic E-state index is 12.2. The molecule has 0 saturated carbocycles. The maximum Gasteiger partial charge on any atom is 0.324 e. The molecule has 0 spiro atoms. The Balaban J connectivity index is 2.51. The first-order valence-corrected chi connectivity index (χ1v) is 9.96. The van der Waals surface area contributed by atoms with Crippen LogP contribution in [0, 0.1) is 0 Å². The number of hydrogen-bond donors (Lipinski definition) is 3. The van der Waals surface area contributed by atoms with Crippen LogP contribution in [0.1, 0.15) is 27.2 Å². The third-order valence-electron chi connectivity index (χ3n) is 3.40. The van der Waals surface area contributed by atoms with Crippen molar-refractivity contribution in [2.24, 2.45) is 0 Å². The molecule has 1 aromatic carbocycles. The van der Waals surface area contributed by atoms with Gasteiger partial charge in [0.2, 0.25) is 10.0 Å². The summed E-state index contributed by atoms with van der Waals surface area (Å²) in [5, 5.41) is 4.88. The SMILES string of the molecule is CC[C@@H](C)NC(=O)NC(=O)COC(=O)[C@H](C)NS(=O)(=O)c1ccc(Cl)cc1. The quantitative estimate of drug-likeness (QED) is 0.542. The highest BCUT2D eigenvalue weighted by Crippen LogP contribution is 2.14. The number of carbonyl (C=O) groups excluding carboxylic acids is 3. The van der Waals surface area contributed by atoms with E-state index in [1.807, 2.05) is 12.2 Å². The van der Waals surface area contributed by atoms with Crippen molar-refractivity contribution in [3.63, 3.8) is 0 Å². The predicted molar refractivity (Wildman–Crippen MR) is 98.6 cm³/mol. The van der Waals surface area contributed by atoms with E-state index in [-0.39, 0.29) is 10.9 Å². The molecule has 0 aromatic heterocycles. The zero-order chi connectivity index (χ0) is 20.6. The van der Waals surface area contributed by atoms with Crippen molar-refractivity contribution in [3.8, 4) is 0 Å². The monoisotopic (exact) mass is 419 g/mol. The number of hydrogen-bond acceptors (Lipinski definition) is 6. The molecule has 1 rings (SSSR count). The molecule has 27 heavy (non-hydrogen) atoms. The van der Waals surface area contributed by atoms with E-state index in [9.17, 15) is 22.8 Å². The second-order valence-corrected chi connectivity index (χ2v) is 7.89. The van der Waals surface area contributed by atoms with Gasteiger partial charge in [0.15, 0.2) is 6.61 Å². The van der Waals surface area contributed by atoms with Gasteiger partial charge >= 0.3 is 12.0 Å². The van der Waals surface area contributed by atoms with Gasteiger partial charge < -0.3 is 10.1 Å². The normalized spacial score (nSPS) is 13.3. The van der Waals surface area contributed by atoms with Crippen LogP contribution >= 0.6 is 11.6 Å². The minimum atomic E-state index is -3.97. The van der Waals surface area contributed by atoms with Gasteiger partial charge in [-0.25, -0.2) is 13.2 Å². The van der Waals surface area contributed by atoms with E-state index in [0.29, 0.717) is 11.4 Å². The highest BCUT2D eigenvalue weighted by Gasteiger charge is 2.24. The van der Waals surface area contributed by atoms with Crippen molar-refractivity contribution in [2.75, 3.05) is 6.61 Å². The van der Waals surface area contributed by atoms with Crippen molar-refractivity contribution in [2.45, 2.75) is 44.2 Å². The number of ether oxygens (including phenoxy) is 1. The van der Waals surface area contributed by atoms with Gasteiger partial charge in [-0.05, 0) is 44.5 Å². The predicted octanol–water partition coefficient (Wildman–Crippen LogP) is 1.17. The number of carbonyl (C=O) groups is 3. The number of urea groups is 1. The Hall–Kier alpha value is -2.17. The van der Waals surface area contributed by atoms with Gasteiger partial charge in [0.05, 0.1) is 4.90 Å². The average molecular weight is 420 g/mol. The first-order valence-electron chi connectivity index (χ1n) is 8.10. The molecule has 0 heterocycles. The van der Waals surface area contributed by atoms with Crippen LogP contribution in [0.2, 0.25) is 5.02 Å². The van der Waals surface area contributed by atoms with Gasteiger partial charge in [-0.15, -0.1) is 0 Å². The molecule has 0 fully saturated rings. The Kier molecular flexibility index (Phi) is 8.67. The van der Waals surface area contributed by atoms with E-state index >= 15 is 0 Å². The Bertz CT molecular complexity index is 782. The summed E-state index contributed by atoms with van der Waals surface area (Å²) in [7, 11) is -3.97. The number of rotatable bonds is 8. The van der Waals surface area contributed by atoms with E-state index in [1.54, 1.807) is 6.92 Å². The van der Waals surface area contributed by atoms with Crippen molar-refractivity contribution < 1.29 is 27.5 Å². The molecular weight excluding hydrogens is 398 g/mol. The molecule has 3 N–H and O–H groups in total. The zero-order valence-corrected chi connectivity index (χ0v) is 16.7. The topological polar surface area (TPSA) is 131 Å².